The summed E-state index contributed by atoms with van der Waals surface area (Å²) in [7, 11) is 0. The van der Waals surface area contributed by atoms with Gasteiger partial charge in [-0.25, -0.2) is 0 Å². The minimum atomic E-state index is -4.30. The second-order valence-corrected chi connectivity index (χ2v) is 5.97. The van der Waals surface area contributed by atoms with Crippen molar-refractivity contribution in [1.29, 1.82) is 0 Å². The molecule has 3 rings (SSSR count). The third kappa shape index (κ3) is 3.71. The molecule has 0 amide bonds. The van der Waals surface area contributed by atoms with Crippen LogP contribution in [0.25, 0.3) is 0 Å². The van der Waals surface area contributed by atoms with Crippen LogP contribution in [0.2, 0.25) is 0 Å². The monoisotopic (exact) mass is 337 g/mol. The third-order valence-electron chi connectivity index (χ3n) is 4.13. The van der Waals surface area contributed by atoms with Gasteiger partial charge in [-0.15, -0.1) is 0 Å². The number of aliphatic hydroxyl groups is 1. The first-order chi connectivity index (χ1) is 11.4. The molecular formula is C18H18F3NO2. The summed E-state index contributed by atoms with van der Waals surface area (Å²) in [6.45, 7) is 1.24. The Balaban J connectivity index is 1.51. The van der Waals surface area contributed by atoms with Crippen molar-refractivity contribution in [2.45, 2.75) is 18.2 Å². The Labute approximate surface area is 138 Å². The van der Waals surface area contributed by atoms with Crippen molar-refractivity contribution in [3.05, 3.63) is 65.2 Å². The fourth-order valence-corrected chi connectivity index (χ4v) is 2.57. The van der Waals surface area contributed by atoms with Crippen LogP contribution in [0.3, 0.4) is 0 Å². The first kappa shape index (κ1) is 16.8. The van der Waals surface area contributed by atoms with Gasteiger partial charge < -0.3 is 15.2 Å². The van der Waals surface area contributed by atoms with Gasteiger partial charge in [0.25, 0.3) is 0 Å². The van der Waals surface area contributed by atoms with Crippen molar-refractivity contribution in [3.63, 3.8) is 0 Å². The van der Waals surface area contributed by atoms with Gasteiger partial charge in [0.1, 0.15) is 5.60 Å². The molecule has 24 heavy (non-hydrogen) atoms. The van der Waals surface area contributed by atoms with E-state index in [0.29, 0.717) is 26.2 Å². The number of benzene rings is 2. The molecule has 0 aromatic heterocycles. The Morgan fingerprint density at radius 3 is 2.12 bits per heavy atom. The van der Waals surface area contributed by atoms with E-state index in [9.17, 15) is 18.3 Å². The van der Waals surface area contributed by atoms with E-state index in [2.05, 4.69) is 5.32 Å². The van der Waals surface area contributed by atoms with E-state index in [-0.39, 0.29) is 0 Å². The molecule has 1 saturated heterocycles. The van der Waals surface area contributed by atoms with Crippen LogP contribution in [-0.2, 0) is 22.9 Å². The summed E-state index contributed by atoms with van der Waals surface area (Å²) in [5, 5.41) is 13.4. The minimum absolute atomic E-state index is 0.313. The van der Waals surface area contributed by atoms with Gasteiger partial charge in [0.15, 0.2) is 0 Å². The fraction of sp³-hybridized carbons (Fsp3) is 0.333. The van der Waals surface area contributed by atoms with Gasteiger partial charge in [-0.1, -0.05) is 24.3 Å². The van der Waals surface area contributed by atoms with Crippen LogP contribution in [0.15, 0.2) is 48.5 Å². The second-order valence-electron chi connectivity index (χ2n) is 5.97. The summed E-state index contributed by atoms with van der Waals surface area (Å²) < 4.78 is 42.5. The molecule has 3 nitrogen and oxygen atoms in total. The van der Waals surface area contributed by atoms with Gasteiger partial charge in [0.05, 0.1) is 18.8 Å². The van der Waals surface area contributed by atoms with Gasteiger partial charge in [-0.3, -0.25) is 0 Å². The summed E-state index contributed by atoms with van der Waals surface area (Å²) >= 11 is 0. The van der Waals surface area contributed by atoms with Crippen LogP contribution in [0.1, 0.15) is 16.7 Å². The lowest BCUT2D eigenvalue weighted by Crippen LogP contribution is -2.46. The first-order valence-electron chi connectivity index (χ1n) is 7.67. The molecule has 1 fully saturated rings. The van der Waals surface area contributed by atoms with E-state index >= 15 is 0 Å². The smallest absolute Gasteiger partial charge is 0.385 e. The largest absolute Gasteiger partial charge is 0.416 e. The van der Waals surface area contributed by atoms with E-state index in [1.54, 1.807) is 0 Å². The van der Waals surface area contributed by atoms with Crippen LogP contribution in [-0.4, -0.2) is 24.9 Å². The Bertz CT molecular complexity index is 677. The van der Waals surface area contributed by atoms with Gasteiger partial charge in [0.2, 0.25) is 0 Å². The molecule has 6 heteroatoms. The van der Waals surface area contributed by atoms with E-state index in [4.69, 9.17) is 4.74 Å². The molecule has 0 radical (unpaired) electrons. The maximum atomic E-state index is 12.5. The van der Waals surface area contributed by atoms with E-state index in [1.165, 1.54) is 12.1 Å². The minimum Gasteiger partial charge on any atom is -0.385 e. The summed E-state index contributed by atoms with van der Waals surface area (Å²) in [6, 6.07) is 12.7. The third-order valence-corrected chi connectivity index (χ3v) is 4.13. The van der Waals surface area contributed by atoms with E-state index in [1.807, 2.05) is 24.3 Å². The molecule has 0 saturated carbocycles. The van der Waals surface area contributed by atoms with Crippen LogP contribution in [0.4, 0.5) is 18.9 Å². The highest BCUT2D eigenvalue weighted by Gasteiger charge is 2.37. The maximum Gasteiger partial charge on any atom is 0.416 e. The zero-order valence-electron chi connectivity index (χ0n) is 12.9. The highest BCUT2D eigenvalue weighted by molar-refractivity contribution is 5.46. The van der Waals surface area contributed by atoms with Crippen molar-refractivity contribution < 1.29 is 23.0 Å². The summed E-state index contributed by atoms with van der Waals surface area (Å²) in [5.41, 5.74) is 1.05. The van der Waals surface area contributed by atoms with Crippen molar-refractivity contribution in [2.75, 3.05) is 25.1 Å². The van der Waals surface area contributed by atoms with Gasteiger partial charge >= 0.3 is 6.18 Å². The molecule has 0 unspecified atom stereocenters. The average molecular weight is 337 g/mol. The molecule has 0 bridgehead atoms. The number of alkyl halides is 3. The normalized spacial score (nSPS) is 16.5. The number of hydrogen-bond donors (Lipinski definition) is 2. The zero-order valence-corrected chi connectivity index (χ0v) is 12.9. The lowest BCUT2D eigenvalue weighted by molar-refractivity contribution is -0.184. The number of ether oxygens (including phenoxy) is 1. The topological polar surface area (TPSA) is 41.5 Å². The highest BCUT2D eigenvalue weighted by Crippen LogP contribution is 2.30. The maximum absolute atomic E-state index is 12.5. The molecule has 1 heterocycles. The fourth-order valence-electron chi connectivity index (χ4n) is 2.57. The molecule has 2 N–H and O–H groups in total. The first-order valence-corrected chi connectivity index (χ1v) is 7.67. The number of hydrogen-bond acceptors (Lipinski definition) is 3. The Hall–Kier alpha value is -2.05. The summed E-state index contributed by atoms with van der Waals surface area (Å²) in [4.78, 5) is 0. The van der Waals surface area contributed by atoms with E-state index < -0.39 is 17.3 Å². The zero-order chi connectivity index (χ0) is 17.2. The Morgan fingerprint density at radius 2 is 1.62 bits per heavy atom. The standard InChI is InChI=1S/C18H18F3NO2/c19-18(20,21)15-3-1-13(2-4-15)9-10-22-16-7-5-14(6-8-16)17(23)11-24-12-17/h1-8,22-23H,9-12H2. The Morgan fingerprint density at radius 1 is 1.00 bits per heavy atom. The Kier molecular flexibility index (Phi) is 4.51. The van der Waals surface area contributed by atoms with Crippen LogP contribution in [0, 0.1) is 0 Å². The van der Waals surface area contributed by atoms with Crippen LogP contribution in [0.5, 0.6) is 0 Å². The average Bonchev–Trinajstić information content (AvgIpc) is 2.53. The van der Waals surface area contributed by atoms with E-state index in [0.717, 1.165) is 28.9 Å². The number of anilines is 1. The number of nitrogens with one attached hydrogen (secondary N) is 1. The van der Waals surface area contributed by atoms with Crippen LogP contribution < -0.4 is 5.32 Å². The molecular weight excluding hydrogens is 319 g/mol. The molecule has 128 valence electrons. The quantitative estimate of drug-likeness (QED) is 0.876. The SMILES string of the molecule is OC1(c2ccc(NCCc3ccc(C(F)(F)F)cc3)cc2)COC1. The number of rotatable bonds is 5. The lowest BCUT2D eigenvalue weighted by atomic mass is 9.92. The second kappa shape index (κ2) is 6.45. The van der Waals surface area contributed by atoms with Crippen LogP contribution >= 0.6 is 0 Å². The van der Waals surface area contributed by atoms with Crippen molar-refractivity contribution in [2.24, 2.45) is 0 Å². The summed E-state index contributed by atoms with van der Waals surface area (Å²) in [5.74, 6) is 0. The predicted molar refractivity (Wildman–Crippen MR) is 84.8 cm³/mol. The van der Waals surface area contributed by atoms with Crippen molar-refractivity contribution >= 4 is 5.69 Å². The van der Waals surface area contributed by atoms with Gasteiger partial charge in [0, 0.05) is 12.2 Å². The lowest BCUT2D eigenvalue weighted by Gasteiger charge is -2.36. The molecule has 1 aliphatic heterocycles. The highest BCUT2D eigenvalue weighted by atomic mass is 19.4. The van der Waals surface area contributed by atoms with Crippen molar-refractivity contribution in [1.82, 2.24) is 0 Å². The van der Waals surface area contributed by atoms with Gasteiger partial charge in [-0.2, -0.15) is 13.2 Å². The molecule has 1 aliphatic rings. The molecule has 0 atom stereocenters. The van der Waals surface area contributed by atoms with Gasteiger partial charge in [-0.05, 0) is 41.8 Å². The molecule has 0 spiro atoms. The van der Waals surface area contributed by atoms with Crippen molar-refractivity contribution in [3.8, 4) is 0 Å². The molecule has 2 aromatic rings. The molecule has 2 aromatic carbocycles. The molecule has 0 aliphatic carbocycles. The predicted octanol–water partition coefficient (Wildman–Crippen LogP) is 3.58. The number of halogens is 3. The summed E-state index contributed by atoms with van der Waals surface area (Å²) in [6.07, 6.45) is -3.67.